The van der Waals surface area contributed by atoms with E-state index in [1.165, 1.54) is 19.5 Å². The van der Waals surface area contributed by atoms with Crippen LogP contribution in [0.4, 0.5) is 0 Å². The van der Waals surface area contributed by atoms with Crippen LogP contribution in [-0.4, -0.2) is 71.8 Å². The molecular weight excluding hydrogens is 272 g/mol. The fourth-order valence-corrected chi connectivity index (χ4v) is 5.34. The summed E-state index contributed by atoms with van der Waals surface area (Å²) in [6.07, 6.45) is 2.35. The van der Waals surface area contributed by atoms with Crippen LogP contribution in [0.25, 0.3) is 0 Å². The number of nitrogens with zero attached hydrogens (tertiary/aromatic N) is 2. The van der Waals surface area contributed by atoms with E-state index in [2.05, 4.69) is 16.8 Å². The molecule has 0 N–H and O–H groups in total. The molecule has 0 unspecified atom stereocenters. The van der Waals surface area contributed by atoms with Gasteiger partial charge < -0.3 is 13.3 Å². The van der Waals surface area contributed by atoms with Crippen molar-refractivity contribution in [3.05, 3.63) is 0 Å². The first-order valence-corrected chi connectivity index (χ1v) is 9.91. The van der Waals surface area contributed by atoms with Crippen LogP contribution in [0, 0.1) is 0 Å². The zero-order valence-electron chi connectivity index (χ0n) is 13.7. The number of rotatable bonds is 10. The predicted octanol–water partition coefficient (Wildman–Crippen LogP) is 2.02. The van der Waals surface area contributed by atoms with Gasteiger partial charge in [0.2, 0.25) is 0 Å². The molecule has 0 spiro atoms. The van der Waals surface area contributed by atoms with Gasteiger partial charge in [0.15, 0.2) is 0 Å². The monoisotopic (exact) mass is 304 g/mol. The second-order valence-corrected chi connectivity index (χ2v) is 8.01. The zero-order valence-corrected chi connectivity index (χ0v) is 14.7. The Labute approximate surface area is 125 Å². The quantitative estimate of drug-likeness (QED) is 0.577. The molecule has 1 aliphatic rings. The van der Waals surface area contributed by atoms with Crippen molar-refractivity contribution in [2.45, 2.75) is 39.7 Å². The van der Waals surface area contributed by atoms with Gasteiger partial charge >= 0.3 is 8.80 Å². The SMILES string of the molecule is CCO[Si](CCCN1CCCN(C)C1)(OCC)OCC. The van der Waals surface area contributed by atoms with Gasteiger partial charge in [-0.15, -0.1) is 0 Å². The molecule has 0 aliphatic carbocycles. The van der Waals surface area contributed by atoms with Gasteiger partial charge in [0.25, 0.3) is 0 Å². The summed E-state index contributed by atoms with van der Waals surface area (Å²) in [5, 5.41) is 0. The standard InChI is InChI=1S/C14H32N2O3Si/c1-5-17-20(18-6-2,19-7-3)13-9-12-16-11-8-10-15(4)14-16/h5-14H2,1-4H3. The summed E-state index contributed by atoms with van der Waals surface area (Å²) in [5.74, 6) is 0. The molecule has 0 aromatic rings. The van der Waals surface area contributed by atoms with Crippen molar-refractivity contribution in [2.75, 3.05) is 53.2 Å². The van der Waals surface area contributed by atoms with E-state index in [4.69, 9.17) is 13.3 Å². The maximum atomic E-state index is 5.89. The van der Waals surface area contributed by atoms with Gasteiger partial charge in [-0.2, -0.15) is 0 Å². The Hall–Kier alpha value is 0.0169. The van der Waals surface area contributed by atoms with Crippen LogP contribution in [0.5, 0.6) is 0 Å². The Morgan fingerprint density at radius 3 is 2.05 bits per heavy atom. The molecule has 6 heteroatoms. The van der Waals surface area contributed by atoms with Crippen LogP contribution in [0.15, 0.2) is 0 Å². The summed E-state index contributed by atoms with van der Waals surface area (Å²) in [6, 6.07) is 0.919. The van der Waals surface area contributed by atoms with Gasteiger partial charge in [-0.25, -0.2) is 0 Å². The lowest BCUT2D eigenvalue weighted by atomic mass is 10.3. The average molecular weight is 305 g/mol. The van der Waals surface area contributed by atoms with Crippen LogP contribution >= 0.6 is 0 Å². The summed E-state index contributed by atoms with van der Waals surface area (Å²) < 4.78 is 17.7. The van der Waals surface area contributed by atoms with Gasteiger partial charge in [-0.05, 0) is 47.2 Å². The summed E-state index contributed by atoms with van der Waals surface area (Å²) in [6.45, 7) is 12.6. The largest absolute Gasteiger partial charge is 0.500 e. The molecule has 20 heavy (non-hydrogen) atoms. The van der Waals surface area contributed by atoms with Crippen LogP contribution < -0.4 is 0 Å². The highest BCUT2D eigenvalue weighted by molar-refractivity contribution is 6.60. The molecule has 0 aromatic heterocycles. The van der Waals surface area contributed by atoms with Crippen molar-refractivity contribution in [1.82, 2.24) is 9.80 Å². The summed E-state index contributed by atoms with van der Waals surface area (Å²) in [5.41, 5.74) is 0. The van der Waals surface area contributed by atoms with Gasteiger partial charge in [0, 0.05) is 39.0 Å². The highest BCUT2D eigenvalue weighted by Crippen LogP contribution is 2.19. The Morgan fingerprint density at radius 1 is 0.950 bits per heavy atom. The third-order valence-corrected chi connectivity index (χ3v) is 6.66. The van der Waals surface area contributed by atoms with E-state index >= 15 is 0 Å². The lowest BCUT2D eigenvalue weighted by Crippen LogP contribution is -2.47. The zero-order chi connectivity index (χ0) is 14.8. The van der Waals surface area contributed by atoms with Crippen molar-refractivity contribution in [3.63, 3.8) is 0 Å². The van der Waals surface area contributed by atoms with Crippen LogP contribution in [0.2, 0.25) is 6.04 Å². The van der Waals surface area contributed by atoms with E-state index < -0.39 is 8.80 Å². The molecule has 1 heterocycles. The maximum Gasteiger partial charge on any atom is 0.500 e. The smallest absolute Gasteiger partial charge is 0.374 e. The van der Waals surface area contributed by atoms with Gasteiger partial charge in [0.05, 0.1) is 6.67 Å². The Morgan fingerprint density at radius 2 is 1.55 bits per heavy atom. The molecule has 1 saturated heterocycles. The third kappa shape index (κ3) is 6.20. The van der Waals surface area contributed by atoms with Gasteiger partial charge in [0.1, 0.15) is 0 Å². The third-order valence-electron chi connectivity index (χ3n) is 3.51. The van der Waals surface area contributed by atoms with Gasteiger partial charge in [-0.3, -0.25) is 9.80 Å². The molecule has 1 aliphatic heterocycles. The van der Waals surface area contributed by atoms with E-state index in [1.807, 2.05) is 20.8 Å². The normalized spacial score (nSPS) is 18.6. The molecular formula is C14H32N2O3Si. The lowest BCUT2D eigenvalue weighted by Gasteiger charge is -2.34. The Kier molecular flexibility index (Phi) is 8.91. The minimum Gasteiger partial charge on any atom is -0.374 e. The molecule has 1 rings (SSSR count). The summed E-state index contributed by atoms with van der Waals surface area (Å²) >= 11 is 0. The molecule has 5 nitrogen and oxygen atoms in total. The van der Waals surface area contributed by atoms with E-state index in [-0.39, 0.29) is 0 Å². The average Bonchev–Trinajstić information content (AvgIpc) is 2.40. The molecule has 120 valence electrons. The minimum atomic E-state index is -2.44. The molecule has 0 amide bonds. The minimum absolute atomic E-state index is 0.665. The van der Waals surface area contributed by atoms with Crippen LogP contribution in [0.3, 0.4) is 0 Å². The van der Waals surface area contributed by atoms with Crippen LogP contribution in [0.1, 0.15) is 33.6 Å². The van der Waals surface area contributed by atoms with E-state index in [0.29, 0.717) is 19.8 Å². The Balaban J connectivity index is 2.39. The Bertz CT molecular complexity index is 240. The highest BCUT2D eigenvalue weighted by Gasteiger charge is 2.39. The summed E-state index contributed by atoms with van der Waals surface area (Å²) in [7, 11) is -0.251. The molecule has 0 aromatic carbocycles. The second kappa shape index (κ2) is 9.86. The van der Waals surface area contributed by atoms with Crippen LogP contribution in [-0.2, 0) is 13.3 Å². The van der Waals surface area contributed by atoms with E-state index in [0.717, 1.165) is 25.7 Å². The maximum absolute atomic E-state index is 5.89. The predicted molar refractivity (Wildman–Crippen MR) is 83.7 cm³/mol. The first-order chi connectivity index (χ1) is 9.65. The van der Waals surface area contributed by atoms with Crippen molar-refractivity contribution >= 4 is 8.80 Å². The van der Waals surface area contributed by atoms with Gasteiger partial charge in [-0.1, -0.05) is 0 Å². The molecule has 1 fully saturated rings. The first kappa shape index (κ1) is 18.1. The lowest BCUT2D eigenvalue weighted by molar-refractivity contribution is 0.0671. The highest BCUT2D eigenvalue weighted by atomic mass is 28.4. The fraction of sp³-hybridized carbons (Fsp3) is 1.00. The fourth-order valence-electron chi connectivity index (χ4n) is 2.75. The summed E-state index contributed by atoms with van der Waals surface area (Å²) in [4.78, 5) is 4.88. The first-order valence-electron chi connectivity index (χ1n) is 7.98. The second-order valence-electron chi connectivity index (χ2n) is 5.28. The van der Waals surface area contributed by atoms with E-state index in [9.17, 15) is 0 Å². The molecule has 0 radical (unpaired) electrons. The number of hydrogen-bond acceptors (Lipinski definition) is 5. The molecule has 0 saturated carbocycles. The van der Waals surface area contributed by atoms with Crippen molar-refractivity contribution in [1.29, 1.82) is 0 Å². The molecule has 0 bridgehead atoms. The molecule has 0 atom stereocenters. The van der Waals surface area contributed by atoms with Crippen molar-refractivity contribution < 1.29 is 13.3 Å². The van der Waals surface area contributed by atoms with Crippen molar-refractivity contribution in [3.8, 4) is 0 Å². The van der Waals surface area contributed by atoms with E-state index in [1.54, 1.807) is 0 Å². The van der Waals surface area contributed by atoms with Crippen molar-refractivity contribution in [2.24, 2.45) is 0 Å². The number of hydrogen-bond donors (Lipinski definition) is 0. The topological polar surface area (TPSA) is 34.2 Å².